The van der Waals surface area contributed by atoms with Gasteiger partial charge in [-0.25, -0.2) is 14.4 Å². The molecule has 0 fully saturated rings. The largest absolute Gasteiger partial charge is 0.324 e. The minimum Gasteiger partial charge on any atom is -0.324 e. The predicted molar refractivity (Wildman–Crippen MR) is 95.5 cm³/mol. The fraction of sp³-hybridized carbons (Fsp3) is 0.105. The first-order valence-electron chi connectivity index (χ1n) is 7.89. The molecule has 2 N–H and O–H groups in total. The van der Waals surface area contributed by atoms with Crippen LogP contribution in [0.5, 0.6) is 0 Å². The zero-order valence-corrected chi connectivity index (χ0v) is 13.7. The molecule has 0 saturated heterocycles. The molecule has 25 heavy (non-hydrogen) atoms. The van der Waals surface area contributed by atoms with Gasteiger partial charge in [0.1, 0.15) is 5.82 Å². The van der Waals surface area contributed by atoms with Crippen LogP contribution in [-0.2, 0) is 6.42 Å². The van der Waals surface area contributed by atoms with E-state index in [4.69, 9.17) is 0 Å². The Bertz CT molecular complexity index is 881. The third-order valence-corrected chi connectivity index (χ3v) is 3.64. The van der Waals surface area contributed by atoms with Gasteiger partial charge in [-0.2, -0.15) is 0 Å². The lowest BCUT2D eigenvalue weighted by Gasteiger charge is -2.09. The second kappa shape index (κ2) is 7.53. The minimum atomic E-state index is -0.414. The molecular formula is C19H17FN4O. The number of carbonyl (C=O) groups is 1. The molecule has 5 nitrogen and oxygen atoms in total. The van der Waals surface area contributed by atoms with Gasteiger partial charge in [0.15, 0.2) is 0 Å². The lowest BCUT2D eigenvalue weighted by Crippen LogP contribution is -2.13. The summed E-state index contributed by atoms with van der Waals surface area (Å²) in [5.74, 6) is -0.405. The molecule has 2 aromatic carbocycles. The number of aromatic nitrogens is 2. The summed E-state index contributed by atoms with van der Waals surface area (Å²) in [6, 6.07) is 13.6. The summed E-state index contributed by atoms with van der Waals surface area (Å²) in [5, 5.41) is 5.75. The van der Waals surface area contributed by atoms with E-state index in [0.29, 0.717) is 17.2 Å². The van der Waals surface area contributed by atoms with E-state index < -0.39 is 11.7 Å². The van der Waals surface area contributed by atoms with Crippen LogP contribution in [0.2, 0.25) is 0 Å². The van der Waals surface area contributed by atoms with Crippen LogP contribution >= 0.6 is 0 Å². The topological polar surface area (TPSA) is 66.9 Å². The number of halogens is 1. The van der Waals surface area contributed by atoms with Crippen molar-refractivity contribution in [2.24, 2.45) is 0 Å². The molecule has 1 heterocycles. The third-order valence-electron chi connectivity index (χ3n) is 3.64. The summed E-state index contributed by atoms with van der Waals surface area (Å²) < 4.78 is 13.2. The first-order valence-corrected chi connectivity index (χ1v) is 7.89. The van der Waals surface area contributed by atoms with Gasteiger partial charge in [-0.05, 0) is 36.2 Å². The van der Waals surface area contributed by atoms with E-state index in [2.05, 4.69) is 27.5 Å². The van der Waals surface area contributed by atoms with E-state index in [0.717, 1.165) is 17.7 Å². The summed E-state index contributed by atoms with van der Waals surface area (Å²) in [6.07, 6.45) is 3.74. The van der Waals surface area contributed by atoms with Crippen LogP contribution in [-0.4, -0.2) is 15.9 Å². The van der Waals surface area contributed by atoms with E-state index in [-0.39, 0.29) is 0 Å². The highest BCUT2D eigenvalue weighted by molar-refractivity contribution is 6.03. The van der Waals surface area contributed by atoms with Gasteiger partial charge < -0.3 is 10.6 Å². The summed E-state index contributed by atoms with van der Waals surface area (Å²) in [4.78, 5) is 20.5. The van der Waals surface area contributed by atoms with Crippen LogP contribution in [0.15, 0.2) is 60.9 Å². The van der Waals surface area contributed by atoms with E-state index in [1.54, 1.807) is 6.07 Å². The number of anilines is 3. The Hall–Kier alpha value is -3.28. The van der Waals surface area contributed by atoms with Crippen molar-refractivity contribution >= 4 is 23.2 Å². The lowest BCUT2D eigenvalue weighted by atomic mass is 10.1. The zero-order chi connectivity index (χ0) is 17.6. The average molecular weight is 336 g/mol. The van der Waals surface area contributed by atoms with Crippen molar-refractivity contribution in [3.05, 3.63) is 77.9 Å². The Labute approximate surface area is 145 Å². The fourth-order valence-electron chi connectivity index (χ4n) is 2.35. The van der Waals surface area contributed by atoms with Gasteiger partial charge in [0.2, 0.25) is 5.95 Å². The van der Waals surface area contributed by atoms with Gasteiger partial charge in [0.25, 0.3) is 5.91 Å². The van der Waals surface area contributed by atoms with Crippen molar-refractivity contribution in [1.82, 2.24) is 9.97 Å². The summed E-state index contributed by atoms with van der Waals surface area (Å²) in [7, 11) is 0. The van der Waals surface area contributed by atoms with Crippen molar-refractivity contribution in [3.8, 4) is 0 Å². The summed E-state index contributed by atoms with van der Waals surface area (Å²) in [5.41, 5.74) is 2.75. The molecule has 0 spiro atoms. The van der Waals surface area contributed by atoms with Crippen LogP contribution in [0, 0.1) is 5.82 Å². The third kappa shape index (κ3) is 4.17. The van der Waals surface area contributed by atoms with Gasteiger partial charge >= 0.3 is 0 Å². The van der Waals surface area contributed by atoms with Crippen LogP contribution in [0.4, 0.5) is 21.7 Å². The molecule has 6 heteroatoms. The van der Waals surface area contributed by atoms with Crippen molar-refractivity contribution in [2.75, 3.05) is 10.6 Å². The highest BCUT2D eigenvalue weighted by atomic mass is 19.1. The van der Waals surface area contributed by atoms with Crippen LogP contribution < -0.4 is 10.6 Å². The Kier molecular flexibility index (Phi) is 4.99. The molecule has 0 unspecified atom stereocenters. The Balaban J connectivity index is 1.70. The van der Waals surface area contributed by atoms with Crippen LogP contribution in [0.25, 0.3) is 0 Å². The number of hydrogen-bond acceptors (Lipinski definition) is 4. The molecule has 3 aromatic rings. The highest BCUT2D eigenvalue weighted by Crippen LogP contribution is 2.19. The number of para-hydroxylation sites is 1. The monoisotopic (exact) mass is 336 g/mol. The molecule has 0 bridgehead atoms. The number of carbonyl (C=O) groups excluding carboxylic acids is 1. The zero-order valence-electron chi connectivity index (χ0n) is 13.7. The van der Waals surface area contributed by atoms with E-state index in [1.807, 2.05) is 24.3 Å². The lowest BCUT2D eigenvalue weighted by molar-refractivity contribution is 0.102. The van der Waals surface area contributed by atoms with Crippen molar-refractivity contribution in [1.29, 1.82) is 0 Å². The normalized spacial score (nSPS) is 10.3. The van der Waals surface area contributed by atoms with Gasteiger partial charge in [-0.3, -0.25) is 4.79 Å². The first-order chi connectivity index (χ1) is 12.2. The molecule has 0 atom stereocenters. The van der Waals surface area contributed by atoms with E-state index in [9.17, 15) is 9.18 Å². The number of nitrogens with one attached hydrogen (secondary N) is 2. The quantitative estimate of drug-likeness (QED) is 0.734. The number of hydrogen-bond donors (Lipinski definition) is 2. The standard InChI is InChI=1S/C19H17FN4O/c1-2-13-6-3-4-9-17(13)24-19-21-11-14(12-22-19)18(25)23-16-8-5-7-15(20)10-16/h3-12H,2H2,1H3,(H,23,25)(H,21,22,24). The number of rotatable bonds is 5. The van der Waals surface area contributed by atoms with Gasteiger partial charge in [0, 0.05) is 23.8 Å². The smallest absolute Gasteiger partial charge is 0.258 e. The minimum absolute atomic E-state index is 0.290. The predicted octanol–water partition coefficient (Wildman–Crippen LogP) is 4.17. The Morgan fingerprint density at radius 3 is 2.56 bits per heavy atom. The van der Waals surface area contributed by atoms with Gasteiger partial charge in [-0.1, -0.05) is 31.2 Å². The van der Waals surface area contributed by atoms with Crippen molar-refractivity contribution in [3.63, 3.8) is 0 Å². The Morgan fingerprint density at radius 2 is 1.84 bits per heavy atom. The maximum atomic E-state index is 13.2. The second-order valence-electron chi connectivity index (χ2n) is 5.40. The average Bonchev–Trinajstić information content (AvgIpc) is 2.63. The maximum absolute atomic E-state index is 13.2. The molecule has 0 aliphatic carbocycles. The summed E-state index contributed by atoms with van der Waals surface area (Å²) in [6.45, 7) is 2.07. The molecule has 3 rings (SSSR count). The number of amides is 1. The molecule has 0 saturated carbocycles. The second-order valence-corrected chi connectivity index (χ2v) is 5.40. The fourth-order valence-corrected chi connectivity index (χ4v) is 2.35. The molecule has 1 amide bonds. The first kappa shape index (κ1) is 16.6. The molecule has 1 aromatic heterocycles. The number of aryl methyl sites for hydroxylation is 1. The molecule has 0 aliphatic heterocycles. The maximum Gasteiger partial charge on any atom is 0.258 e. The van der Waals surface area contributed by atoms with Crippen LogP contribution in [0.1, 0.15) is 22.8 Å². The van der Waals surface area contributed by atoms with Gasteiger partial charge in [0.05, 0.1) is 5.56 Å². The molecule has 126 valence electrons. The molecular weight excluding hydrogens is 319 g/mol. The molecule has 0 radical (unpaired) electrons. The Morgan fingerprint density at radius 1 is 1.08 bits per heavy atom. The number of nitrogens with zero attached hydrogens (tertiary/aromatic N) is 2. The SMILES string of the molecule is CCc1ccccc1Nc1ncc(C(=O)Nc2cccc(F)c2)cn1. The van der Waals surface area contributed by atoms with Crippen LogP contribution in [0.3, 0.4) is 0 Å². The van der Waals surface area contributed by atoms with E-state index in [1.165, 1.54) is 30.6 Å². The van der Waals surface area contributed by atoms with E-state index >= 15 is 0 Å². The molecule has 0 aliphatic rings. The highest BCUT2D eigenvalue weighted by Gasteiger charge is 2.09. The van der Waals surface area contributed by atoms with Crippen molar-refractivity contribution < 1.29 is 9.18 Å². The summed E-state index contributed by atoms with van der Waals surface area (Å²) >= 11 is 0. The van der Waals surface area contributed by atoms with Gasteiger partial charge in [-0.15, -0.1) is 0 Å². The number of benzene rings is 2. The van der Waals surface area contributed by atoms with Crippen molar-refractivity contribution in [2.45, 2.75) is 13.3 Å².